The number of rotatable bonds is 20. The number of nitrogens with zero attached hydrogens (tertiary/aromatic N) is 1. The van der Waals surface area contributed by atoms with Crippen LogP contribution < -0.4 is 0 Å². The van der Waals surface area contributed by atoms with Gasteiger partial charge in [-0.05, 0) is 41.6 Å². The van der Waals surface area contributed by atoms with Gasteiger partial charge in [0.25, 0.3) is 0 Å². The second-order valence-corrected chi connectivity index (χ2v) is 9.06. The van der Waals surface area contributed by atoms with Crippen molar-refractivity contribution >= 4 is 41.1 Å². The molecular formula is C28H37Cl2NO8. The number of hydrogen-bond acceptors (Lipinski definition) is 9. The molecular weight excluding hydrogens is 549 g/mol. The van der Waals surface area contributed by atoms with Crippen LogP contribution in [0.4, 0.5) is 0 Å². The van der Waals surface area contributed by atoms with Crippen molar-refractivity contribution in [2.45, 2.75) is 32.1 Å². The summed E-state index contributed by atoms with van der Waals surface area (Å²) in [4.78, 5) is 36.8. The molecule has 0 spiro atoms. The molecule has 0 aliphatic rings. The van der Waals surface area contributed by atoms with E-state index in [9.17, 15) is 24.6 Å². The summed E-state index contributed by atoms with van der Waals surface area (Å²) in [6.45, 7) is 11.6. The Hall–Kier alpha value is -2.69. The van der Waals surface area contributed by atoms with Gasteiger partial charge in [-0.1, -0.05) is 42.9 Å². The monoisotopic (exact) mass is 585 g/mol. The number of carbonyl (C=O) groups excluding carboxylic acids is 3. The van der Waals surface area contributed by atoms with E-state index in [1.807, 2.05) is 4.90 Å². The zero-order valence-corrected chi connectivity index (χ0v) is 23.6. The number of ether oxygens (including phenoxy) is 3. The van der Waals surface area contributed by atoms with Gasteiger partial charge in [-0.25, -0.2) is 14.4 Å². The van der Waals surface area contributed by atoms with Crippen LogP contribution in [0.15, 0.2) is 38.0 Å². The molecule has 0 saturated carbocycles. The Balaban J connectivity index is 3.45. The minimum atomic E-state index is -0.581. The number of halogens is 2. The number of hydrogen-bond donors (Lipinski definition) is 2. The van der Waals surface area contributed by atoms with Gasteiger partial charge in [0.05, 0.1) is 33.0 Å². The molecule has 39 heavy (non-hydrogen) atoms. The lowest BCUT2D eigenvalue weighted by Gasteiger charge is -2.24. The Kier molecular flexibility index (Phi) is 17.1. The molecule has 11 heteroatoms. The van der Waals surface area contributed by atoms with Gasteiger partial charge < -0.3 is 24.4 Å². The van der Waals surface area contributed by atoms with Crippen molar-refractivity contribution in [1.29, 1.82) is 0 Å². The summed E-state index contributed by atoms with van der Waals surface area (Å²) in [7, 11) is 0. The zero-order chi connectivity index (χ0) is 29.2. The van der Waals surface area contributed by atoms with Crippen LogP contribution in [0.1, 0.15) is 28.7 Å². The molecule has 0 unspecified atom stereocenters. The fourth-order valence-electron chi connectivity index (χ4n) is 3.99. The van der Waals surface area contributed by atoms with Crippen LogP contribution >= 0.6 is 23.2 Å². The SMILES string of the molecule is C=CC(=O)OCCc1c(Cl)c(CCOC(=O)C=C)c(CCCN(CCO)CCO)c(CCOC(=O)C=C)c1Cl. The van der Waals surface area contributed by atoms with Gasteiger partial charge >= 0.3 is 17.9 Å². The summed E-state index contributed by atoms with van der Waals surface area (Å²) in [6, 6.07) is 0. The van der Waals surface area contributed by atoms with Crippen molar-refractivity contribution in [2.75, 3.05) is 52.7 Å². The zero-order valence-electron chi connectivity index (χ0n) is 22.1. The Morgan fingerprint density at radius 2 is 1.03 bits per heavy atom. The lowest BCUT2D eigenvalue weighted by Crippen LogP contribution is -2.31. The molecule has 0 aliphatic heterocycles. The summed E-state index contributed by atoms with van der Waals surface area (Å²) in [5.41, 5.74) is 2.80. The molecule has 9 nitrogen and oxygen atoms in total. The molecule has 0 atom stereocenters. The Morgan fingerprint density at radius 1 is 0.641 bits per heavy atom. The smallest absolute Gasteiger partial charge is 0.330 e. The molecule has 1 aromatic carbocycles. The van der Waals surface area contributed by atoms with E-state index < -0.39 is 17.9 Å². The maximum atomic E-state index is 11.6. The third-order valence-corrected chi connectivity index (χ3v) is 6.72. The molecule has 0 radical (unpaired) electrons. The largest absolute Gasteiger partial charge is 0.462 e. The Morgan fingerprint density at radius 3 is 1.38 bits per heavy atom. The number of benzene rings is 1. The van der Waals surface area contributed by atoms with E-state index in [0.29, 0.717) is 59.2 Å². The van der Waals surface area contributed by atoms with Crippen molar-refractivity contribution in [3.05, 3.63) is 70.3 Å². The van der Waals surface area contributed by atoms with Gasteiger partial charge in [0.1, 0.15) is 0 Å². The van der Waals surface area contributed by atoms with Gasteiger partial charge in [0.2, 0.25) is 0 Å². The third-order valence-electron chi connectivity index (χ3n) is 5.81. The third kappa shape index (κ3) is 11.9. The van der Waals surface area contributed by atoms with Crippen LogP contribution in [-0.4, -0.2) is 85.7 Å². The fourth-order valence-corrected chi connectivity index (χ4v) is 4.83. The maximum Gasteiger partial charge on any atom is 0.330 e. The van der Waals surface area contributed by atoms with E-state index in [0.717, 1.165) is 23.8 Å². The minimum absolute atomic E-state index is 0.0106. The average molecular weight is 587 g/mol. The highest BCUT2D eigenvalue weighted by molar-refractivity contribution is 6.37. The molecule has 0 bridgehead atoms. The average Bonchev–Trinajstić information content (AvgIpc) is 2.93. The molecule has 1 aromatic rings. The Labute approximate surface area is 239 Å². The highest BCUT2D eigenvalue weighted by Gasteiger charge is 2.23. The molecule has 0 aromatic heterocycles. The van der Waals surface area contributed by atoms with Crippen LogP contribution in [0.2, 0.25) is 10.0 Å². The molecule has 0 saturated heterocycles. The first-order valence-electron chi connectivity index (χ1n) is 12.6. The molecule has 0 heterocycles. The number of aliphatic hydroxyl groups is 2. The number of esters is 3. The quantitative estimate of drug-likeness (QED) is 0.135. The van der Waals surface area contributed by atoms with Gasteiger partial charge in [-0.15, -0.1) is 0 Å². The highest BCUT2D eigenvalue weighted by Crippen LogP contribution is 2.37. The predicted octanol–water partition coefficient (Wildman–Crippen LogP) is 3.03. The highest BCUT2D eigenvalue weighted by atomic mass is 35.5. The molecule has 1 rings (SSSR count). The van der Waals surface area contributed by atoms with E-state index in [4.69, 9.17) is 37.4 Å². The van der Waals surface area contributed by atoms with E-state index in [-0.39, 0.29) is 52.3 Å². The first-order valence-corrected chi connectivity index (χ1v) is 13.3. The molecule has 0 aliphatic carbocycles. The van der Waals surface area contributed by atoms with Gasteiger partial charge in [0, 0.05) is 60.6 Å². The maximum absolute atomic E-state index is 11.6. The summed E-state index contributed by atoms with van der Waals surface area (Å²) in [6.07, 6.45) is 5.14. The fraction of sp³-hybridized carbons (Fsp3) is 0.464. The minimum Gasteiger partial charge on any atom is -0.462 e. The van der Waals surface area contributed by atoms with Gasteiger partial charge in [-0.2, -0.15) is 0 Å². The molecule has 2 N–H and O–H groups in total. The van der Waals surface area contributed by atoms with Crippen LogP contribution in [0.5, 0.6) is 0 Å². The Bertz CT molecular complexity index is 953. The van der Waals surface area contributed by atoms with Gasteiger partial charge in [-0.3, -0.25) is 4.90 Å². The van der Waals surface area contributed by atoms with Crippen molar-refractivity contribution in [3.8, 4) is 0 Å². The molecule has 216 valence electrons. The summed E-state index contributed by atoms with van der Waals surface area (Å²) in [5.74, 6) is -1.72. The van der Waals surface area contributed by atoms with Crippen molar-refractivity contribution in [1.82, 2.24) is 4.90 Å². The van der Waals surface area contributed by atoms with Crippen molar-refractivity contribution < 1.29 is 38.8 Å². The standard InChI is InChI=1S/C28H37Cl2NO8/c1-4-24(34)37-17-9-21-20(8-7-12-31(13-15-32)14-16-33)22(10-18-38-25(35)5-2)28(30)23(27(21)29)11-19-39-26(36)6-3/h4-6,32-33H,1-3,7-19H2. The molecule has 0 amide bonds. The van der Waals surface area contributed by atoms with Crippen LogP contribution in [-0.2, 0) is 54.3 Å². The van der Waals surface area contributed by atoms with Crippen LogP contribution in [0.25, 0.3) is 0 Å². The van der Waals surface area contributed by atoms with E-state index in [1.165, 1.54) is 0 Å². The van der Waals surface area contributed by atoms with E-state index in [1.54, 1.807) is 0 Å². The van der Waals surface area contributed by atoms with Crippen molar-refractivity contribution in [3.63, 3.8) is 0 Å². The lowest BCUT2D eigenvalue weighted by atomic mass is 9.90. The summed E-state index contributed by atoms with van der Waals surface area (Å²) in [5, 5.41) is 19.4. The van der Waals surface area contributed by atoms with Crippen molar-refractivity contribution in [2.24, 2.45) is 0 Å². The number of carbonyl (C=O) groups is 3. The first-order chi connectivity index (χ1) is 18.7. The normalized spacial score (nSPS) is 10.7. The topological polar surface area (TPSA) is 123 Å². The predicted molar refractivity (Wildman–Crippen MR) is 150 cm³/mol. The van der Waals surface area contributed by atoms with Gasteiger partial charge in [0.15, 0.2) is 0 Å². The van der Waals surface area contributed by atoms with E-state index >= 15 is 0 Å². The van der Waals surface area contributed by atoms with E-state index in [2.05, 4.69) is 19.7 Å². The van der Waals surface area contributed by atoms with Crippen LogP contribution in [0, 0.1) is 0 Å². The second-order valence-electron chi connectivity index (χ2n) is 8.30. The lowest BCUT2D eigenvalue weighted by molar-refractivity contribution is -0.138. The number of aliphatic hydroxyl groups excluding tert-OH is 2. The summed E-state index contributed by atoms with van der Waals surface area (Å²) >= 11 is 13.7. The van der Waals surface area contributed by atoms with Crippen LogP contribution in [0.3, 0.4) is 0 Å². The summed E-state index contributed by atoms with van der Waals surface area (Å²) < 4.78 is 15.5. The molecule has 0 fully saturated rings. The second kappa shape index (κ2) is 19.4. The first kappa shape index (κ1) is 34.3.